The third-order valence-electron chi connectivity index (χ3n) is 2.43. The van der Waals surface area contributed by atoms with E-state index in [4.69, 9.17) is 9.84 Å². The van der Waals surface area contributed by atoms with Crippen LogP contribution in [0, 0.1) is 0 Å². The number of carbonyl (C=O) groups excluding carboxylic acids is 1. The first-order valence-electron chi connectivity index (χ1n) is 6.35. The number of rotatable bonds is 4. The van der Waals surface area contributed by atoms with Gasteiger partial charge in [0, 0.05) is 12.2 Å². The van der Waals surface area contributed by atoms with Crippen LogP contribution in [0.5, 0.6) is 0 Å². The first-order chi connectivity index (χ1) is 9.20. The lowest BCUT2D eigenvalue weighted by Crippen LogP contribution is -2.43. The number of anilines is 1. The average molecular weight is 280 g/mol. The lowest BCUT2D eigenvalue weighted by Gasteiger charge is -2.30. The number of carboxylic acids is 1. The fourth-order valence-corrected chi connectivity index (χ4v) is 1.69. The Bertz CT molecular complexity index is 468. The molecule has 1 N–H and O–H groups in total. The molecule has 0 unspecified atom stereocenters. The van der Waals surface area contributed by atoms with Gasteiger partial charge >= 0.3 is 12.1 Å². The van der Waals surface area contributed by atoms with Gasteiger partial charge in [-0.3, -0.25) is 14.7 Å². The molecule has 6 heteroatoms. The summed E-state index contributed by atoms with van der Waals surface area (Å²) in [5, 5.41) is 8.90. The van der Waals surface area contributed by atoms with Crippen molar-refractivity contribution >= 4 is 17.7 Å². The normalized spacial score (nSPS) is 12.6. The summed E-state index contributed by atoms with van der Waals surface area (Å²) >= 11 is 0. The summed E-state index contributed by atoms with van der Waals surface area (Å²) in [5.74, 6) is -0.977. The Labute approximate surface area is 118 Å². The van der Waals surface area contributed by atoms with Crippen LogP contribution < -0.4 is 4.90 Å². The molecule has 6 nitrogen and oxygen atoms in total. The molecule has 0 aliphatic heterocycles. The number of hydrogen-bond donors (Lipinski definition) is 1. The van der Waals surface area contributed by atoms with E-state index in [-0.39, 0.29) is 6.42 Å². The van der Waals surface area contributed by atoms with Crippen LogP contribution in [0.3, 0.4) is 0 Å². The minimum atomic E-state index is -0.977. The number of amides is 1. The van der Waals surface area contributed by atoms with Crippen LogP contribution in [0.1, 0.15) is 34.1 Å². The van der Waals surface area contributed by atoms with Crippen LogP contribution in [0.25, 0.3) is 0 Å². The summed E-state index contributed by atoms with van der Waals surface area (Å²) in [5.41, 5.74) is -0.143. The minimum absolute atomic E-state index is 0.172. The summed E-state index contributed by atoms with van der Waals surface area (Å²) in [6.45, 7) is 6.93. The van der Waals surface area contributed by atoms with Crippen molar-refractivity contribution in [2.75, 3.05) is 4.90 Å². The molecule has 1 atom stereocenters. The Morgan fingerprint density at radius 3 is 2.55 bits per heavy atom. The third-order valence-corrected chi connectivity index (χ3v) is 2.43. The molecule has 0 radical (unpaired) electrons. The number of ether oxygens (including phenoxy) is 1. The monoisotopic (exact) mass is 280 g/mol. The van der Waals surface area contributed by atoms with E-state index in [2.05, 4.69) is 4.98 Å². The van der Waals surface area contributed by atoms with E-state index in [0.717, 1.165) is 0 Å². The van der Waals surface area contributed by atoms with E-state index in [1.165, 1.54) is 11.1 Å². The van der Waals surface area contributed by atoms with Gasteiger partial charge in [-0.15, -0.1) is 0 Å². The summed E-state index contributed by atoms with van der Waals surface area (Å²) in [7, 11) is 0. The zero-order valence-corrected chi connectivity index (χ0v) is 12.2. The Balaban J connectivity index is 3.02. The highest BCUT2D eigenvalue weighted by Crippen LogP contribution is 2.21. The third kappa shape index (κ3) is 4.87. The van der Waals surface area contributed by atoms with Gasteiger partial charge in [0.1, 0.15) is 5.60 Å². The maximum atomic E-state index is 12.3. The molecule has 0 saturated heterocycles. The van der Waals surface area contributed by atoms with Crippen molar-refractivity contribution in [1.29, 1.82) is 0 Å². The van der Waals surface area contributed by atoms with Crippen LogP contribution in [-0.4, -0.2) is 33.8 Å². The second kappa shape index (κ2) is 6.36. The highest BCUT2D eigenvalue weighted by molar-refractivity contribution is 5.89. The van der Waals surface area contributed by atoms with Crippen LogP contribution in [0.4, 0.5) is 10.5 Å². The lowest BCUT2D eigenvalue weighted by molar-refractivity contribution is -0.137. The summed E-state index contributed by atoms with van der Waals surface area (Å²) in [6.07, 6.45) is 2.33. The van der Waals surface area contributed by atoms with Gasteiger partial charge in [-0.05, 0) is 39.8 Å². The molecule has 110 valence electrons. The van der Waals surface area contributed by atoms with E-state index in [1.54, 1.807) is 46.0 Å². The number of aliphatic carboxylic acids is 1. The van der Waals surface area contributed by atoms with E-state index in [9.17, 15) is 9.59 Å². The topological polar surface area (TPSA) is 79.7 Å². The predicted octanol–water partition coefficient (Wildman–Crippen LogP) is 2.69. The van der Waals surface area contributed by atoms with Gasteiger partial charge in [0.25, 0.3) is 0 Å². The van der Waals surface area contributed by atoms with Gasteiger partial charge in [-0.1, -0.05) is 0 Å². The zero-order chi connectivity index (χ0) is 15.3. The van der Waals surface area contributed by atoms with Crippen molar-refractivity contribution in [3.05, 3.63) is 24.5 Å². The molecule has 1 aromatic heterocycles. The van der Waals surface area contributed by atoms with Crippen molar-refractivity contribution < 1.29 is 19.4 Å². The van der Waals surface area contributed by atoms with Gasteiger partial charge < -0.3 is 9.84 Å². The van der Waals surface area contributed by atoms with E-state index < -0.39 is 23.7 Å². The molecule has 1 heterocycles. The lowest BCUT2D eigenvalue weighted by atomic mass is 10.2. The predicted molar refractivity (Wildman–Crippen MR) is 74.7 cm³/mol. The summed E-state index contributed by atoms with van der Waals surface area (Å²) in [6, 6.07) is 2.83. The van der Waals surface area contributed by atoms with Crippen LogP contribution >= 0.6 is 0 Å². The highest BCUT2D eigenvalue weighted by atomic mass is 16.6. The Morgan fingerprint density at radius 2 is 2.10 bits per heavy atom. The first-order valence-corrected chi connectivity index (χ1v) is 6.35. The molecular weight excluding hydrogens is 260 g/mol. The van der Waals surface area contributed by atoms with Crippen LogP contribution in [0.15, 0.2) is 24.5 Å². The largest absolute Gasteiger partial charge is 0.481 e. The summed E-state index contributed by atoms with van der Waals surface area (Å²) < 4.78 is 5.32. The first kappa shape index (κ1) is 15.9. The number of nitrogens with zero attached hydrogens (tertiary/aromatic N) is 2. The summed E-state index contributed by atoms with van der Waals surface area (Å²) in [4.78, 5) is 28.4. The molecule has 0 aliphatic carbocycles. The smallest absolute Gasteiger partial charge is 0.415 e. The van der Waals surface area contributed by atoms with Crippen molar-refractivity contribution in [3.8, 4) is 0 Å². The number of carboxylic acid groups (broad SMARTS) is 1. The Hall–Kier alpha value is -2.11. The van der Waals surface area contributed by atoms with Gasteiger partial charge in [-0.25, -0.2) is 4.79 Å². The second-order valence-electron chi connectivity index (χ2n) is 5.51. The van der Waals surface area contributed by atoms with Gasteiger partial charge in [-0.2, -0.15) is 0 Å². The molecular formula is C14H20N2O4. The molecule has 0 saturated carbocycles. The maximum absolute atomic E-state index is 12.3. The fraction of sp³-hybridized carbons (Fsp3) is 0.500. The maximum Gasteiger partial charge on any atom is 0.415 e. The molecule has 0 bridgehead atoms. The zero-order valence-electron chi connectivity index (χ0n) is 12.2. The van der Waals surface area contributed by atoms with Gasteiger partial charge in [0.2, 0.25) is 0 Å². The second-order valence-corrected chi connectivity index (χ2v) is 5.51. The molecule has 0 spiro atoms. The molecule has 1 rings (SSSR count). The Kier molecular flexibility index (Phi) is 5.07. The number of carbonyl (C=O) groups is 2. The molecule has 1 aromatic rings. The SMILES string of the molecule is C[C@H](CC(=O)O)N(C(=O)OC(C)(C)C)c1cccnc1. The van der Waals surface area contributed by atoms with Crippen molar-refractivity contribution in [2.24, 2.45) is 0 Å². The van der Waals surface area contributed by atoms with Crippen LogP contribution in [-0.2, 0) is 9.53 Å². The molecule has 0 fully saturated rings. The molecule has 1 amide bonds. The van der Waals surface area contributed by atoms with Gasteiger partial charge in [0.05, 0.1) is 18.3 Å². The highest BCUT2D eigenvalue weighted by Gasteiger charge is 2.28. The van der Waals surface area contributed by atoms with Crippen LogP contribution in [0.2, 0.25) is 0 Å². The van der Waals surface area contributed by atoms with E-state index in [1.807, 2.05) is 0 Å². The quantitative estimate of drug-likeness (QED) is 0.917. The van der Waals surface area contributed by atoms with Crippen molar-refractivity contribution in [3.63, 3.8) is 0 Å². The molecule has 0 aromatic carbocycles. The van der Waals surface area contributed by atoms with Crippen molar-refractivity contribution in [1.82, 2.24) is 4.98 Å². The van der Waals surface area contributed by atoms with Gasteiger partial charge in [0.15, 0.2) is 0 Å². The van der Waals surface area contributed by atoms with E-state index >= 15 is 0 Å². The van der Waals surface area contributed by atoms with E-state index in [0.29, 0.717) is 5.69 Å². The average Bonchev–Trinajstić information content (AvgIpc) is 2.26. The Morgan fingerprint density at radius 1 is 1.45 bits per heavy atom. The standard InChI is InChI=1S/C14H20N2O4/c1-10(8-12(17)18)16(11-6-5-7-15-9-11)13(19)20-14(2,3)4/h5-7,9-10H,8H2,1-4H3,(H,17,18)/t10-/m1/s1. The number of hydrogen-bond acceptors (Lipinski definition) is 4. The molecule has 0 aliphatic rings. The fourth-order valence-electron chi connectivity index (χ4n) is 1.69. The molecule has 20 heavy (non-hydrogen) atoms. The number of pyridine rings is 1. The minimum Gasteiger partial charge on any atom is -0.481 e. The number of aromatic nitrogens is 1. The van der Waals surface area contributed by atoms with Crippen molar-refractivity contribution in [2.45, 2.75) is 45.8 Å².